The first kappa shape index (κ1) is 17.6. The van der Waals surface area contributed by atoms with Crippen LogP contribution in [0.2, 0.25) is 0 Å². The smallest absolute Gasteiger partial charge is 0.246 e. The number of carbonyl (C=O) groups is 1. The molecular formula is C18H22N4O2S. The highest BCUT2D eigenvalue weighted by Gasteiger charge is 2.11. The maximum Gasteiger partial charge on any atom is 0.246 e. The van der Waals surface area contributed by atoms with Gasteiger partial charge in [-0.15, -0.1) is 11.3 Å². The molecule has 0 radical (unpaired) electrons. The number of hydrazone groups is 1. The molecule has 0 atom stereocenters. The third-order valence-electron chi connectivity index (χ3n) is 4.02. The normalized spacial score (nSPS) is 15.3. The molecule has 2 aromatic rings. The molecule has 1 amide bonds. The summed E-state index contributed by atoms with van der Waals surface area (Å²) in [5, 5.41) is 7.06. The second-order valence-corrected chi connectivity index (χ2v) is 6.98. The number of nitrogens with one attached hydrogen (secondary N) is 1. The van der Waals surface area contributed by atoms with Crippen LogP contribution in [0.25, 0.3) is 0 Å². The standard InChI is InChI=1S/C18H22N4O2S/c1-13(20-21-18(23)11-16-12-25-14(2)19-16)15-3-5-17(6-4-15)22-7-9-24-10-8-22/h3-6,12H,7-11H2,1-2H3,(H,21,23)/b20-13-. The van der Waals surface area contributed by atoms with Crippen LogP contribution in [0.3, 0.4) is 0 Å². The quantitative estimate of drug-likeness (QED) is 0.658. The zero-order valence-corrected chi connectivity index (χ0v) is 15.3. The Hall–Kier alpha value is -2.25. The van der Waals surface area contributed by atoms with Gasteiger partial charge in [-0.25, -0.2) is 10.4 Å². The summed E-state index contributed by atoms with van der Waals surface area (Å²) in [6.07, 6.45) is 0.247. The van der Waals surface area contributed by atoms with Gasteiger partial charge < -0.3 is 9.64 Å². The van der Waals surface area contributed by atoms with Gasteiger partial charge in [0.1, 0.15) is 0 Å². The van der Waals surface area contributed by atoms with Gasteiger partial charge >= 0.3 is 0 Å². The summed E-state index contributed by atoms with van der Waals surface area (Å²) in [5.41, 5.74) is 6.33. The molecule has 1 aromatic carbocycles. The first-order valence-electron chi connectivity index (χ1n) is 8.29. The molecule has 7 heteroatoms. The van der Waals surface area contributed by atoms with E-state index in [4.69, 9.17) is 4.74 Å². The number of carbonyl (C=O) groups excluding carboxylic acids is 1. The van der Waals surface area contributed by atoms with Crippen LogP contribution in [-0.4, -0.2) is 42.9 Å². The third-order valence-corrected chi connectivity index (χ3v) is 4.84. The molecule has 0 saturated carbocycles. The maximum atomic E-state index is 11.9. The first-order valence-corrected chi connectivity index (χ1v) is 9.17. The van der Waals surface area contributed by atoms with E-state index in [9.17, 15) is 4.79 Å². The Morgan fingerprint density at radius 3 is 2.68 bits per heavy atom. The second kappa shape index (κ2) is 8.22. The second-order valence-electron chi connectivity index (χ2n) is 5.91. The third kappa shape index (κ3) is 4.87. The minimum atomic E-state index is -0.158. The molecule has 6 nitrogen and oxygen atoms in total. The lowest BCUT2D eigenvalue weighted by atomic mass is 10.1. The van der Waals surface area contributed by atoms with Crippen molar-refractivity contribution in [1.82, 2.24) is 10.4 Å². The summed E-state index contributed by atoms with van der Waals surface area (Å²) in [6.45, 7) is 7.18. The lowest BCUT2D eigenvalue weighted by Crippen LogP contribution is -2.36. The van der Waals surface area contributed by atoms with E-state index in [1.807, 2.05) is 31.4 Å². The lowest BCUT2D eigenvalue weighted by Gasteiger charge is -2.28. The number of hydrogen-bond donors (Lipinski definition) is 1. The molecule has 1 fully saturated rings. The molecule has 1 aliphatic heterocycles. The largest absolute Gasteiger partial charge is 0.378 e. The molecule has 0 aliphatic carbocycles. The molecule has 0 spiro atoms. The maximum absolute atomic E-state index is 11.9. The zero-order valence-electron chi connectivity index (χ0n) is 14.5. The Balaban J connectivity index is 1.56. The van der Waals surface area contributed by atoms with Crippen molar-refractivity contribution in [3.05, 3.63) is 45.9 Å². The van der Waals surface area contributed by atoms with E-state index in [0.29, 0.717) is 0 Å². The zero-order chi connectivity index (χ0) is 17.6. The van der Waals surface area contributed by atoms with Gasteiger partial charge in [0.05, 0.1) is 36.0 Å². The number of morpholine rings is 1. The summed E-state index contributed by atoms with van der Waals surface area (Å²) < 4.78 is 5.38. The van der Waals surface area contributed by atoms with E-state index < -0.39 is 0 Å². The summed E-state index contributed by atoms with van der Waals surface area (Å²) in [6, 6.07) is 8.22. The average Bonchev–Trinajstić information content (AvgIpc) is 3.05. The Morgan fingerprint density at radius 1 is 1.32 bits per heavy atom. The Bertz CT molecular complexity index is 749. The number of hydrogen-bond acceptors (Lipinski definition) is 6. The van der Waals surface area contributed by atoms with Crippen LogP contribution < -0.4 is 10.3 Å². The summed E-state index contributed by atoms with van der Waals surface area (Å²) in [7, 11) is 0. The predicted molar refractivity (Wildman–Crippen MR) is 100 cm³/mol. The highest BCUT2D eigenvalue weighted by atomic mass is 32.1. The van der Waals surface area contributed by atoms with Gasteiger partial charge in [0.15, 0.2) is 0 Å². The molecule has 0 bridgehead atoms. The van der Waals surface area contributed by atoms with Gasteiger partial charge in [-0.2, -0.15) is 5.10 Å². The number of nitrogens with zero attached hydrogens (tertiary/aromatic N) is 3. The topological polar surface area (TPSA) is 66.8 Å². The molecule has 1 N–H and O–H groups in total. The van der Waals surface area contributed by atoms with Gasteiger partial charge in [0, 0.05) is 24.2 Å². The molecule has 25 heavy (non-hydrogen) atoms. The van der Waals surface area contributed by atoms with Crippen LogP contribution in [0.5, 0.6) is 0 Å². The summed E-state index contributed by atoms with van der Waals surface area (Å²) >= 11 is 1.54. The number of ether oxygens (including phenoxy) is 1. The van der Waals surface area contributed by atoms with E-state index in [1.165, 1.54) is 5.69 Å². The molecule has 1 aliphatic rings. The van der Waals surface area contributed by atoms with Crippen LogP contribution in [0.15, 0.2) is 34.7 Å². The average molecular weight is 358 g/mol. The van der Waals surface area contributed by atoms with Crippen molar-refractivity contribution >= 4 is 28.6 Å². The van der Waals surface area contributed by atoms with E-state index in [2.05, 4.69) is 32.5 Å². The fraction of sp³-hybridized carbons (Fsp3) is 0.389. The van der Waals surface area contributed by atoms with Gasteiger partial charge in [-0.05, 0) is 31.5 Å². The van der Waals surface area contributed by atoms with Crippen LogP contribution in [0, 0.1) is 6.92 Å². The number of anilines is 1. The Morgan fingerprint density at radius 2 is 2.04 bits per heavy atom. The molecule has 132 valence electrons. The van der Waals surface area contributed by atoms with Crippen molar-refractivity contribution in [2.24, 2.45) is 5.10 Å². The van der Waals surface area contributed by atoms with E-state index in [0.717, 1.165) is 48.3 Å². The number of amides is 1. The van der Waals surface area contributed by atoms with Crippen LogP contribution in [0.1, 0.15) is 23.2 Å². The number of benzene rings is 1. The van der Waals surface area contributed by atoms with Crippen molar-refractivity contribution in [3.8, 4) is 0 Å². The molecule has 0 unspecified atom stereocenters. The first-order chi connectivity index (χ1) is 12.1. The molecule has 2 heterocycles. The molecule has 3 rings (SSSR count). The SMILES string of the molecule is C/C(=N/NC(=O)Cc1csc(C)n1)c1ccc(N2CCOCC2)cc1. The van der Waals surface area contributed by atoms with Crippen molar-refractivity contribution in [3.63, 3.8) is 0 Å². The van der Waals surface area contributed by atoms with Gasteiger partial charge in [-0.1, -0.05) is 12.1 Å². The fourth-order valence-electron chi connectivity index (χ4n) is 2.64. The molecule has 1 saturated heterocycles. The van der Waals surface area contributed by atoms with Gasteiger partial charge in [0.25, 0.3) is 0 Å². The van der Waals surface area contributed by atoms with Crippen LogP contribution in [0.4, 0.5) is 5.69 Å². The van der Waals surface area contributed by atoms with Crippen molar-refractivity contribution in [2.45, 2.75) is 20.3 Å². The van der Waals surface area contributed by atoms with Crippen molar-refractivity contribution in [1.29, 1.82) is 0 Å². The Labute approximate surface area is 151 Å². The highest BCUT2D eigenvalue weighted by Crippen LogP contribution is 2.17. The van der Waals surface area contributed by atoms with E-state index in [1.54, 1.807) is 11.3 Å². The molecular weight excluding hydrogens is 336 g/mol. The van der Waals surface area contributed by atoms with Gasteiger partial charge in [-0.3, -0.25) is 4.79 Å². The number of rotatable bonds is 5. The van der Waals surface area contributed by atoms with Gasteiger partial charge in [0.2, 0.25) is 5.91 Å². The fourth-order valence-corrected chi connectivity index (χ4v) is 3.25. The lowest BCUT2D eigenvalue weighted by molar-refractivity contribution is -0.120. The number of thiazole rings is 1. The van der Waals surface area contributed by atoms with Crippen molar-refractivity contribution < 1.29 is 9.53 Å². The minimum absolute atomic E-state index is 0.158. The minimum Gasteiger partial charge on any atom is -0.378 e. The highest BCUT2D eigenvalue weighted by molar-refractivity contribution is 7.09. The van der Waals surface area contributed by atoms with E-state index >= 15 is 0 Å². The molecule has 1 aromatic heterocycles. The van der Waals surface area contributed by atoms with Crippen LogP contribution >= 0.6 is 11.3 Å². The van der Waals surface area contributed by atoms with Crippen molar-refractivity contribution in [2.75, 3.05) is 31.2 Å². The number of aryl methyl sites for hydroxylation is 1. The summed E-state index contributed by atoms with van der Waals surface area (Å²) in [5.74, 6) is -0.158. The van der Waals surface area contributed by atoms with Crippen LogP contribution in [-0.2, 0) is 16.0 Å². The Kier molecular flexibility index (Phi) is 5.78. The van der Waals surface area contributed by atoms with E-state index in [-0.39, 0.29) is 12.3 Å². The number of aromatic nitrogens is 1. The monoisotopic (exact) mass is 358 g/mol. The summed E-state index contributed by atoms with van der Waals surface area (Å²) in [4.78, 5) is 18.5. The predicted octanol–water partition coefficient (Wildman–Crippen LogP) is 2.37.